The fourth-order valence-corrected chi connectivity index (χ4v) is 4.76. The van der Waals surface area contributed by atoms with Crippen molar-refractivity contribution in [2.24, 2.45) is 11.8 Å². The molecule has 154 valence electrons. The minimum Gasteiger partial charge on any atom is -0.362 e. The summed E-state index contributed by atoms with van der Waals surface area (Å²) in [5.74, 6) is 1.82. The zero-order valence-corrected chi connectivity index (χ0v) is 18.3. The number of hydrogen-bond donors (Lipinski definition) is 2. The molecule has 2 aliphatic heterocycles. The number of carbonyl (C=O) groups is 1. The molecule has 6 heteroatoms. The van der Waals surface area contributed by atoms with E-state index in [0.29, 0.717) is 11.5 Å². The van der Waals surface area contributed by atoms with Crippen LogP contribution in [0.1, 0.15) is 45.1 Å². The van der Waals surface area contributed by atoms with Crippen LogP contribution in [-0.2, 0) is 4.79 Å². The Morgan fingerprint density at radius 3 is 2.68 bits per heavy atom. The quantitative estimate of drug-likeness (QED) is 0.560. The summed E-state index contributed by atoms with van der Waals surface area (Å²) >= 11 is 5.46. The van der Waals surface area contributed by atoms with Crippen molar-refractivity contribution in [1.29, 1.82) is 0 Å². The maximum Gasteiger partial charge on any atom is 0.227 e. The van der Waals surface area contributed by atoms with E-state index < -0.39 is 0 Å². The number of nitrogens with zero attached hydrogens (tertiary/aromatic N) is 2. The van der Waals surface area contributed by atoms with E-state index in [0.717, 1.165) is 61.2 Å². The van der Waals surface area contributed by atoms with Crippen LogP contribution in [0.5, 0.6) is 0 Å². The van der Waals surface area contributed by atoms with Crippen LogP contribution < -0.4 is 15.5 Å². The van der Waals surface area contributed by atoms with Gasteiger partial charge < -0.3 is 20.4 Å². The van der Waals surface area contributed by atoms with Crippen LogP contribution >= 0.6 is 12.2 Å². The molecule has 2 fully saturated rings. The molecule has 2 N–H and O–H groups in total. The van der Waals surface area contributed by atoms with Gasteiger partial charge in [-0.1, -0.05) is 19.9 Å². The second-order valence-corrected chi connectivity index (χ2v) is 9.00. The van der Waals surface area contributed by atoms with E-state index in [1.165, 1.54) is 19.5 Å². The van der Waals surface area contributed by atoms with Crippen molar-refractivity contribution in [2.45, 2.75) is 46.5 Å². The summed E-state index contributed by atoms with van der Waals surface area (Å²) < 4.78 is 0. The highest BCUT2D eigenvalue weighted by molar-refractivity contribution is 7.80. The van der Waals surface area contributed by atoms with E-state index in [1.807, 2.05) is 30.0 Å². The van der Waals surface area contributed by atoms with Gasteiger partial charge in [-0.25, -0.2) is 0 Å². The minimum atomic E-state index is 0.210. The molecule has 2 atom stereocenters. The molecule has 2 heterocycles. The number of thiocarbonyl (C=S) groups is 1. The van der Waals surface area contributed by atoms with E-state index in [-0.39, 0.29) is 5.91 Å². The molecule has 2 saturated heterocycles. The van der Waals surface area contributed by atoms with Crippen LogP contribution in [-0.4, -0.2) is 48.6 Å². The Labute approximate surface area is 174 Å². The van der Waals surface area contributed by atoms with Crippen LogP contribution in [0.2, 0.25) is 0 Å². The second-order valence-electron chi connectivity index (χ2n) is 8.59. The molecule has 0 aliphatic carbocycles. The van der Waals surface area contributed by atoms with Crippen molar-refractivity contribution >= 4 is 34.6 Å². The van der Waals surface area contributed by atoms with Crippen LogP contribution in [0, 0.1) is 18.8 Å². The summed E-state index contributed by atoms with van der Waals surface area (Å²) in [6.07, 6.45) is 4.02. The van der Waals surface area contributed by atoms with Crippen molar-refractivity contribution in [3.05, 3.63) is 23.8 Å². The lowest BCUT2D eigenvalue weighted by Gasteiger charge is -2.35. The summed E-state index contributed by atoms with van der Waals surface area (Å²) in [4.78, 5) is 16.5. The van der Waals surface area contributed by atoms with Crippen molar-refractivity contribution in [3.8, 4) is 0 Å². The largest absolute Gasteiger partial charge is 0.362 e. The van der Waals surface area contributed by atoms with Gasteiger partial charge in [0.15, 0.2) is 5.11 Å². The zero-order valence-electron chi connectivity index (χ0n) is 17.5. The molecule has 0 saturated carbocycles. The lowest BCUT2D eigenvalue weighted by Crippen LogP contribution is -2.40. The molecule has 0 spiro atoms. The fourth-order valence-electron chi connectivity index (χ4n) is 4.54. The Balaban J connectivity index is 1.44. The topological polar surface area (TPSA) is 47.6 Å². The summed E-state index contributed by atoms with van der Waals surface area (Å²) in [6.45, 7) is 12.0. The van der Waals surface area contributed by atoms with Gasteiger partial charge in [0.05, 0.1) is 0 Å². The zero-order chi connectivity index (χ0) is 20.1. The van der Waals surface area contributed by atoms with Crippen molar-refractivity contribution < 1.29 is 4.79 Å². The summed E-state index contributed by atoms with van der Waals surface area (Å²) in [5, 5.41) is 7.23. The summed E-state index contributed by atoms with van der Waals surface area (Å²) in [6, 6.07) is 6.09. The molecule has 2 aliphatic rings. The van der Waals surface area contributed by atoms with Gasteiger partial charge in [0.25, 0.3) is 0 Å². The highest BCUT2D eigenvalue weighted by Crippen LogP contribution is 2.28. The number of carbonyl (C=O) groups excluding carboxylic acids is 1. The maximum atomic E-state index is 12.1. The number of nitrogens with one attached hydrogen (secondary N) is 2. The molecule has 1 aromatic rings. The molecule has 1 aromatic carbocycles. The van der Waals surface area contributed by atoms with Crippen LogP contribution in [0.15, 0.2) is 18.2 Å². The SMILES string of the molecule is Cc1ccc(NC(=S)NCCCN2C[C@H](C)C[C@@H](C)C2)cc1N1CCCC1=O. The Morgan fingerprint density at radius 1 is 1.25 bits per heavy atom. The van der Waals surface area contributed by atoms with Gasteiger partial charge in [0.1, 0.15) is 0 Å². The molecule has 28 heavy (non-hydrogen) atoms. The van der Waals surface area contributed by atoms with Crippen LogP contribution in [0.3, 0.4) is 0 Å². The summed E-state index contributed by atoms with van der Waals surface area (Å²) in [5.41, 5.74) is 3.03. The van der Waals surface area contributed by atoms with Gasteiger partial charge in [-0.3, -0.25) is 4.79 Å². The monoisotopic (exact) mass is 402 g/mol. The summed E-state index contributed by atoms with van der Waals surface area (Å²) in [7, 11) is 0. The molecule has 1 amide bonds. The first-order valence-electron chi connectivity index (χ1n) is 10.6. The number of amides is 1. The number of likely N-dealkylation sites (tertiary alicyclic amines) is 1. The lowest BCUT2D eigenvalue weighted by atomic mass is 9.92. The first-order chi connectivity index (χ1) is 13.4. The highest BCUT2D eigenvalue weighted by Gasteiger charge is 2.23. The fraction of sp³-hybridized carbons (Fsp3) is 0.636. The standard InChI is InChI=1S/C22H34N4OS/c1-16-12-17(2)15-25(14-16)10-5-9-23-22(28)24-19-8-7-18(3)20(13-19)26-11-4-6-21(26)27/h7-8,13,16-17H,4-6,9-12,14-15H2,1-3H3,(H2,23,24,28)/t16-,17-/m1/s1. The molecule has 0 unspecified atom stereocenters. The van der Waals surface area contributed by atoms with Gasteiger partial charge in [0.2, 0.25) is 5.91 Å². The van der Waals surface area contributed by atoms with Crippen molar-refractivity contribution in [3.63, 3.8) is 0 Å². The first-order valence-corrected chi connectivity index (χ1v) is 11.0. The molecule has 3 rings (SSSR count). The molecular formula is C22H34N4OS. The third-order valence-corrected chi connectivity index (χ3v) is 5.96. The van der Waals surface area contributed by atoms with Crippen molar-refractivity contribution in [1.82, 2.24) is 10.2 Å². The number of hydrogen-bond acceptors (Lipinski definition) is 3. The van der Waals surface area contributed by atoms with Gasteiger partial charge >= 0.3 is 0 Å². The first kappa shape index (κ1) is 21.1. The third-order valence-electron chi connectivity index (χ3n) is 5.71. The van der Waals surface area contributed by atoms with E-state index in [1.54, 1.807) is 0 Å². The molecular weight excluding hydrogens is 368 g/mol. The van der Waals surface area contributed by atoms with E-state index in [2.05, 4.69) is 29.4 Å². The number of benzene rings is 1. The molecule has 5 nitrogen and oxygen atoms in total. The molecule has 0 radical (unpaired) electrons. The number of piperidine rings is 1. The van der Waals surface area contributed by atoms with Gasteiger partial charge in [-0.2, -0.15) is 0 Å². The Kier molecular flexibility index (Phi) is 7.30. The van der Waals surface area contributed by atoms with E-state index >= 15 is 0 Å². The van der Waals surface area contributed by atoms with Gasteiger partial charge in [-0.15, -0.1) is 0 Å². The molecule has 0 bridgehead atoms. The van der Waals surface area contributed by atoms with Crippen LogP contribution in [0.4, 0.5) is 11.4 Å². The number of aryl methyl sites for hydroxylation is 1. The predicted molar refractivity (Wildman–Crippen MR) is 121 cm³/mol. The van der Waals surface area contributed by atoms with E-state index in [9.17, 15) is 4.79 Å². The predicted octanol–water partition coefficient (Wildman–Crippen LogP) is 3.78. The highest BCUT2D eigenvalue weighted by atomic mass is 32.1. The van der Waals surface area contributed by atoms with Gasteiger partial charge in [-0.05, 0) is 74.5 Å². The van der Waals surface area contributed by atoms with E-state index in [4.69, 9.17) is 12.2 Å². The number of rotatable bonds is 6. The smallest absolute Gasteiger partial charge is 0.227 e. The average molecular weight is 403 g/mol. The number of anilines is 2. The van der Waals surface area contributed by atoms with Crippen molar-refractivity contribution in [2.75, 3.05) is 42.9 Å². The average Bonchev–Trinajstić information content (AvgIpc) is 3.05. The normalized spacial score (nSPS) is 23.1. The lowest BCUT2D eigenvalue weighted by molar-refractivity contribution is -0.117. The minimum absolute atomic E-state index is 0.210. The van der Waals surface area contributed by atoms with Gasteiger partial charge in [0, 0.05) is 44.0 Å². The molecule has 0 aromatic heterocycles. The maximum absolute atomic E-state index is 12.1. The Morgan fingerprint density at radius 2 is 2.00 bits per heavy atom. The second kappa shape index (κ2) is 9.70. The third kappa shape index (κ3) is 5.67. The Bertz CT molecular complexity index is 698. The Hall–Kier alpha value is -1.66. The van der Waals surface area contributed by atoms with Crippen LogP contribution in [0.25, 0.3) is 0 Å².